The lowest BCUT2D eigenvalue weighted by Gasteiger charge is -2.58. The first kappa shape index (κ1) is 23.9. The van der Waals surface area contributed by atoms with Gasteiger partial charge in [-0.25, -0.2) is 0 Å². The molecule has 1 unspecified atom stereocenters. The first-order chi connectivity index (χ1) is 16.2. The van der Waals surface area contributed by atoms with Gasteiger partial charge in [0.05, 0.1) is 0 Å². The maximum Gasteiger partial charge on any atom is 0.302 e. The van der Waals surface area contributed by atoms with Gasteiger partial charge >= 0.3 is 5.97 Å². The van der Waals surface area contributed by atoms with Crippen LogP contribution in [-0.2, 0) is 14.3 Å². The summed E-state index contributed by atoms with van der Waals surface area (Å²) in [4.78, 5) is 24.8. The van der Waals surface area contributed by atoms with Gasteiger partial charge in [-0.1, -0.05) is 55.3 Å². The molecule has 0 aliphatic heterocycles. The van der Waals surface area contributed by atoms with Crippen molar-refractivity contribution in [3.8, 4) is 0 Å². The van der Waals surface area contributed by atoms with E-state index in [1.807, 2.05) is 36.4 Å². The highest BCUT2D eigenvalue weighted by Gasteiger charge is 2.59. The van der Waals surface area contributed by atoms with Crippen LogP contribution < -0.4 is 0 Å². The summed E-state index contributed by atoms with van der Waals surface area (Å²) < 4.78 is 5.58. The van der Waals surface area contributed by atoms with Crippen LogP contribution in [-0.4, -0.2) is 17.9 Å². The van der Waals surface area contributed by atoms with Crippen molar-refractivity contribution in [2.45, 2.75) is 78.2 Å². The molecule has 0 N–H and O–H groups in total. The molecule has 3 saturated carbocycles. The van der Waals surface area contributed by atoms with Gasteiger partial charge in [0, 0.05) is 24.3 Å². The summed E-state index contributed by atoms with van der Waals surface area (Å²) in [6.45, 7) is 6.39. The summed E-state index contributed by atoms with van der Waals surface area (Å²) in [5.74, 6) is 2.21. The molecule has 0 bridgehead atoms. The minimum Gasteiger partial charge on any atom is -0.462 e. The first-order valence-electron chi connectivity index (χ1n) is 13.0. The summed E-state index contributed by atoms with van der Waals surface area (Å²) in [6.07, 6.45) is 14.9. The quantitative estimate of drug-likeness (QED) is 0.255. The van der Waals surface area contributed by atoms with Crippen LogP contribution in [0.1, 0.15) is 77.7 Å². The Hall–Kier alpha value is -1.87. The summed E-state index contributed by atoms with van der Waals surface area (Å²) in [7, 11) is 0. The largest absolute Gasteiger partial charge is 0.462 e. The number of carbonyl (C=O) groups excluding carboxylic acids is 2. The van der Waals surface area contributed by atoms with E-state index in [1.54, 1.807) is 0 Å². The van der Waals surface area contributed by atoms with Crippen molar-refractivity contribution in [3.63, 3.8) is 0 Å². The van der Waals surface area contributed by atoms with Crippen molar-refractivity contribution in [2.75, 3.05) is 0 Å². The lowest BCUT2D eigenvalue weighted by Crippen LogP contribution is -2.51. The fourth-order valence-electron chi connectivity index (χ4n) is 8.30. The van der Waals surface area contributed by atoms with Crippen LogP contribution in [0.3, 0.4) is 0 Å². The summed E-state index contributed by atoms with van der Waals surface area (Å²) in [5.41, 5.74) is 2.85. The number of allylic oxidation sites excluding steroid dienone is 2. The number of benzene rings is 1. The van der Waals surface area contributed by atoms with Crippen molar-refractivity contribution >= 4 is 29.4 Å². The van der Waals surface area contributed by atoms with Crippen LogP contribution in [0.2, 0.25) is 5.02 Å². The van der Waals surface area contributed by atoms with E-state index in [4.69, 9.17) is 16.3 Å². The monoisotopic (exact) mass is 480 g/mol. The predicted octanol–water partition coefficient (Wildman–Crippen LogP) is 7.43. The maximum atomic E-state index is 13.4. The Morgan fingerprint density at radius 2 is 1.79 bits per heavy atom. The second-order valence-corrected chi connectivity index (χ2v) is 12.1. The van der Waals surface area contributed by atoms with Crippen LogP contribution >= 0.6 is 11.6 Å². The molecule has 4 heteroatoms. The highest BCUT2D eigenvalue weighted by molar-refractivity contribution is 6.30. The molecule has 182 valence electrons. The molecular formula is C30H37ClO3. The van der Waals surface area contributed by atoms with Crippen molar-refractivity contribution in [1.29, 1.82) is 0 Å². The number of rotatable bonds is 4. The highest BCUT2D eigenvalue weighted by Crippen LogP contribution is 2.66. The van der Waals surface area contributed by atoms with E-state index in [2.05, 4.69) is 19.9 Å². The topological polar surface area (TPSA) is 43.4 Å². The number of halogens is 1. The van der Waals surface area contributed by atoms with E-state index >= 15 is 0 Å². The first-order valence-corrected chi connectivity index (χ1v) is 13.4. The molecule has 1 aromatic rings. The maximum absolute atomic E-state index is 13.4. The highest BCUT2D eigenvalue weighted by atomic mass is 35.5. The Balaban J connectivity index is 1.32. The molecule has 34 heavy (non-hydrogen) atoms. The van der Waals surface area contributed by atoms with E-state index in [0.717, 1.165) is 50.5 Å². The van der Waals surface area contributed by atoms with Gasteiger partial charge in [0.1, 0.15) is 6.10 Å². The molecule has 1 aromatic carbocycles. The Morgan fingerprint density at radius 3 is 2.53 bits per heavy atom. The van der Waals surface area contributed by atoms with E-state index in [9.17, 15) is 9.59 Å². The molecule has 0 saturated heterocycles. The molecule has 3 nitrogen and oxygen atoms in total. The molecule has 4 aliphatic carbocycles. The Kier molecular flexibility index (Phi) is 6.29. The Labute approximate surface area is 209 Å². The third-order valence-corrected chi connectivity index (χ3v) is 10.3. The lowest BCUT2D eigenvalue weighted by molar-refractivity contribution is -0.149. The lowest BCUT2D eigenvalue weighted by atomic mass is 9.47. The van der Waals surface area contributed by atoms with Crippen molar-refractivity contribution < 1.29 is 14.3 Å². The molecule has 0 heterocycles. The van der Waals surface area contributed by atoms with E-state index in [-0.39, 0.29) is 28.8 Å². The number of fused-ring (bicyclic) bond motifs is 5. The average Bonchev–Trinajstić information content (AvgIpc) is 3.16. The average molecular weight is 481 g/mol. The third-order valence-electron chi connectivity index (χ3n) is 10.0. The fourth-order valence-corrected chi connectivity index (χ4v) is 8.42. The minimum atomic E-state index is -0.164. The molecule has 0 spiro atoms. The van der Waals surface area contributed by atoms with E-state index in [1.165, 1.54) is 18.9 Å². The summed E-state index contributed by atoms with van der Waals surface area (Å²) in [5, 5.41) is 0.713. The van der Waals surface area contributed by atoms with Gasteiger partial charge < -0.3 is 4.74 Å². The zero-order chi connectivity index (χ0) is 24.1. The van der Waals surface area contributed by atoms with Gasteiger partial charge in [0.15, 0.2) is 5.78 Å². The van der Waals surface area contributed by atoms with Crippen LogP contribution in [0.25, 0.3) is 6.08 Å². The number of hydrogen-bond donors (Lipinski definition) is 0. The molecule has 4 aliphatic rings. The Bertz CT molecular complexity index is 1020. The number of hydrogen-bond acceptors (Lipinski definition) is 3. The SMILES string of the molecule is CC(=O)O[C@H]1CC[C@@]2(C)C(=CC[C@@H]3[C@@H]2CC[C@]2(C)C(C(=O)/C=C/c4ccc(Cl)cc4)CC[C@@H]32)C1. The fraction of sp³-hybridized carbons (Fsp3) is 0.600. The van der Waals surface area contributed by atoms with Crippen molar-refractivity contribution in [2.24, 2.45) is 34.5 Å². The van der Waals surface area contributed by atoms with E-state index in [0.29, 0.717) is 28.6 Å². The van der Waals surface area contributed by atoms with Crippen molar-refractivity contribution in [1.82, 2.24) is 0 Å². The number of ketones is 1. The van der Waals surface area contributed by atoms with Crippen LogP contribution in [0.4, 0.5) is 0 Å². The van der Waals surface area contributed by atoms with Gasteiger partial charge in [-0.3, -0.25) is 9.59 Å². The second-order valence-electron chi connectivity index (χ2n) is 11.7. The van der Waals surface area contributed by atoms with Crippen molar-refractivity contribution in [3.05, 3.63) is 52.6 Å². The van der Waals surface area contributed by atoms with Crippen LogP contribution in [0.5, 0.6) is 0 Å². The molecule has 3 fully saturated rings. The minimum absolute atomic E-state index is 0.0446. The van der Waals surface area contributed by atoms with Gasteiger partial charge in [0.2, 0.25) is 0 Å². The molecule has 5 rings (SSSR count). The molecular weight excluding hydrogens is 444 g/mol. The molecule has 0 amide bonds. The normalized spacial score (nSPS) is 39.1. The van der Waals surface area contributed by atoms with Gasteiger partial charge in [-0.05, 0) is 97.3 Å². The zero-order valence-electron chi connectivity index (χ0n) is 20.7. The summed E-state index contributed by atoms with van der Waals surface area (Å²) in [6, 6.07) is 7.65. The summed E-state index contributed by atoms with van der Waals surface area (Å²) >= 11 is 5.99. The molecule has 0 aromatic heterocycles. The number of esters is 1. The molecule has 7 atom stereocenters. The number of carbonyl (C=O) groups is 2. The zero-order valence-corrected chi connectivity index (χ0v) is 21.4. The smallest absolute Gasteiger partial charge is 0.302 e. The van der Waals surface area contributed by atoms with Crippen LogP contribution in [0, 0.1) is 34.5 Å². The van der Waals surface area contributed by atoms with Gasteiger partial charge in [-0.2, -0.15) is 0 Å². The van der Waals surface area contributed by atoms with Gasteiger partial charge in [-0.15, -0.1) is 0 Å². The van der Waals surface area contributed by atoms with Gasteiger partial charge in [0.25, 0.3) is 0 Å². The third kappa shape index (κ3) is 4.08. The van der Waals surface area contributed by atoms with Crippen LogP contribution in [0.15, 0.2) is 42.0 Å². The molecule has 0 radical (unpaired) electrons. The Morgan fingerprint density at radius 1 is 1.03 bits per heavy atom. The van der Waals surface area contributed by atoms with E-state index < -0.39 is 0 Å². The second kappa shape index (κ2) is 8.97. The number of ether oxygens (including phenoxy) is 1. The standard InChI is InChI=1S/C30H37ClO3/c1-19(32)34-23-14-16-29(2)21(18-23)7-10-24-25-11-12-27(30(25,3)17-15-26(24)29)28(33)13-6-20-4-8-22(31)9-5-20/h4-9,13,23-27H,10-12,14-18H2,1-3H3/b13-6+/t23-,24-,25-,26-,27?,29-,30-/m0/s1. The predicted molar refractivity (Wildman–Crippen MR) is 136 cm³/mol.